The number of allylic oxidation sites excluding steroid dienone is 1. The molecule has 2 aromatic carbocycles. The van der Waals surface area contributed by atoms with E-state index in [0.717, 1.165) is 18.2 Å². The van der Waals surface area contributed by atoms with Crippen molar-refractivity contribution in [2.24, 2.45) is 0 Å². The average molecular weight is 587 g/mol. The van der Waals surface area contributed by atoms with Crippen LogP contribution in [0.4, 0.5) is 18.0 Å². The number of carbonyl (C=O) groups is 2. The molecule has 0 aliphatic carbocycles. The molecule has 11 heteroatoms. The van der Waals surface area contributed by atoms with Crippen molar-refractivity contribution in [2.75, 3.05) is 20.1 Å². The Kier molecular flexibility index (Phi) is 9.67. The fraction of sp³-hybridized carbons (Fsp3) is 0.273. The molecule has 0 aliphatic heterocycles. The zero-order chi connectivity index (χ0) is 24.9. The number of halogens is 7. The summed E-state index contributed by atoms with van der Waals surface area (Å²) in [7, 11) is 1.49. The highest BCUT2D eigenvalue weighted by molar-refractivity contribution is 9.10. The van der Waals surface area contributed by atoms with Crippen LogP contribution in [0.1, 0.15) is 34.3 Å². The molecule has 2 amide bonds. The second-order valence-corrected chi connectivity index (χ2v) is 9.08. The number of hydrogen-bond acceptors (Lipinski definition) is 2. The Morgan fingerprint density at radius 3 is 2.27 bits per heavy atom. The molecule has 2 rings (SSSR count). The van der Waals surface area contributed by atoms with Crippen molar-refractivity contribution in [1.82, 2.24) is 10.2 Å². The second kappa shape index (κ2) is 11.6. The SMILES string of the molecule is CCNC(=O)N(C)CC(=O)c1ccc(/C=C/C(c2cc(Cl)c(Cl)c(Cl)c2)C(F)(F)F)cc1Br. The van der Waals surface area contributed by atoms with Crippen molar-refractivity contribution in [1.29, 1.82) is 0 Å². The number of nitrogens with zero attached hydrogens (tertiary/aromatic N) is 1. The highest BCUT2D eigenvalue weighted by atomic mass is 79.9. The van der Waals surface area contributed by atoms with Crippen LogP contribution in [-0.4, -0.2) is 43.0 Å². The van der Waals surface area contributed by atoms with E-state index in [2.05, 4.69) is 21.2 Å². The van der Waals surface area contributed by atoms with Gasteiger partial charge in [0.05, 0.1) is 27.5 Å². The van der Waals surface area contributed by atoms with Crippen LogP contribution in [0.2, 0.25) is 15.1 Å². The van der Waals surface area contributed by atoms with E-state index in [-0.39, 0.29) is 39.0 Å². The number of ketones is 1. The lowest BCUT2D eigenvalue weighted by atomic mass is 9.96. The molecule has 1 atom stereocenters. The fourth-order valence-corrected chi connectivity index (χ4v) is 4.12. The number of likely N-dealkylation sites (N-methyl/N-ethyl adjacent to an activating group) is 1. The molecule has 0 radical (unpaired) electrons. The van der Waals surface area contributed by atoms with E-state index in [1.807, 2.05) is 0 Å². The third kappa shape index (κ3) is 7.37. The average Bonchev–Trinajstić information content (AvgIpc) is 2.71. The molecule has 0 bridgehead atoms. The highest BCUT2D eigenvalue weighted by Gasteiger charge is 2.39. The Hall–Kier alpha value is -1.74. The van der Waals surface area contributed by atoms with Crippen molar-refractivity contribution in [3.63, 3.8) is 0 Å². The lowest BCUT2D eigenvalue weighted by Crippen LogP contribution is -2.40. The molecule has 0 fully saturated rings. The van der Waals surface area contributed by atoms with Gasteiger partial charge in [-0.3, -0.25) is 4.79 Å². The van der Waals surface area contributed by atoms with Gasteiger partial charge in [0.25, 0.3) is 0 Å². The number of nitrogens with one attached hydrogen (secondary N) is 1. The summed E-state index contributed by atoms with van der Waals surface area (Å²) < 4.78 is 41.5. The molecule has 0 saturated carbocycles. The molecule has 4 nitrogen and oxygen atoms in total. The topological polar surface area (TPSA) is 49.4 Å². The number of benzene rings is 2. The first-order valence-corrected chi connectivity index (χ1v) is 11.5. The molecule has 1 unspecified atom stereocenters. The van der Waals surface area contributed by atoms with Gasteiger partial charge in [0.15, 0.2) is 5.78 Å². The van der Waals surface area contributed by atoms with E-state index in [0.29, 0.717) is 22.1 Å². The molecule has 0 aliphatic rings. The van der Waals surface area contributed by atoms with E-state index in [1.54, 1.807) is 6.92 Å². The molecule has 0 heterocycles. The number of amides is 2. The van der Waals surface area contributed by atoms with E-state index in [9.17, 15) is 22.8 Å². The Labute approximate surface area is 212 Å². The van der Waals surface area contributed by atoms with E-state index in [1.165, 1.54) is 36.2 Å². The smallest absolute Gasteiger partial charge is 0.338 e. The normalized spacial score (nSPS) is 12.6. The van der Waals surface area contributed by atoms with Gasteiger partial charge in [0, 0.05) is 23.6 Å². The summed E-state index contributed by atoms with van der Waals surface area (Å²) in [5.41, 5.74) is 0.570. The van der Waals surface area contributed by atoms with Gasteiger partial charge in [-0.05, 0) is 42.3 Å². The first-order valence-electron chi connectivity index (χ1n) is 9.56. The van der Waals surface area contributed by atoms with Gasteiger partial charge in [0.1, 0.15) is 0 Å². The van der Waals surface area contributed by atoms with E-state index < -0.39 is 12.1 Å². The lowest BCUT2D eigenvalue weighted by molar-refractivity contribution is -0.139. The Balaban J connectivity index is 2.27. The number of Topliss-reactive ketones (excluding diaryl/α,β-unsaturated/α-hetero) is 1. The monoisotopic (exact) mass is 584 g/mol. The van der Waals surface area contributed by atoms with E-state index >= 15 is 0 Å². The van der Waals surface area contributed by atoms with Crippen LogP contribution in [0.15, 0.2) is 40.9 Å². The van der Waals surface area contributed by atoms with Gasteiger partial charge in [-0.15, -0.1) is 0 Å². The summed E-state index contributed by atoms with van der Waals surface area (Å²) in [5.74, 6) is -2.31. The van der Waals surface area contributed by atoms with Crippen LogP contribution in [0.25, 0.3) is 6.08 Å². The van der Waals surface area contributed by atoms with Crippen molar-refractivity contribution in [2.45, 2.75) is 19.0 Å². The van der Waals surface area contributed by atoms with Crippen LogP contribution >= 0.6 is 50.7 Å². The molecule has 0 aromatic heterocycles. The first-order chi connectivity index (χ1) is 15.3. The van der Waals surface area contributed by atoms with Gasteiger partial charge in [-0.1, -0.05) is 69.0 Å². The van der Waals surface area contributed by atoms with Crippen LogP contribution < -0.4 is 5.32 Å². The van der Waals surface area contributed by atoms with Crippen molar-refractivity contribution >= 4 is 68.6 Å². The lowest BCUT2D eigenvalue weighted by Gasteiger charge is -2.18. The van der Waals surface area contributed by atoms with Crippen molar-refractivity contribution < 1.29 is 22.8 Å². The maximum atomic E-state index is 13.7. The molecule has 33 heavy (non-hydrogen) atoms. The summed E-state index contributed by atoms with van der Waals surface area (Å²) in [6.45, 7) is 2.03. The molecule has 178 valence electrons. The third-order valence-electron chi connectivity index (χ3n) is 4.55. The number of urea groups is 1. The summed E-state index contributed by atoms with van der Waals surface area (Å²) in [4.78, 5) is 25.5. The Bertz CT molecular complexity index is 1050. The van der Waals surface area contributed by atoms with Crippen LogP contribution in [0.3, 0.4) is 0 Å². The number of hydrogen-bond donors (Lipinski definition) is 1. The molecular weight excluding hydrogens is 568 g/mol. The van der Waals surface area contributed by atoms with Gasteiger partial charge in [-0.25, -0.2) is 4.79 Å². The number of rotatable bonds is 7. The van der Waals surface area contributed by atoms with Crippen molar-refractivity contribution in [3.8, 4) is 0 Å². The maximum Gasteiger partial charge on any atom is 0.399 e. The summed E-state index contributed by atoms with van der Waals surface area (Å²) in [6, 6.07) is 6.38. The molecule has 2 aromatic rings. The van der Waals surface area contributed by atoms with Crippen LogP contribution in [-0.2, 0) is 0 Å². The van der Waals surface area contributed by atoms with Crippen LogP contribution in [0, 0.1) is 0 Å². The summed E-state index contributed by atoms with van der Waals surface area (Å²) in [5, 5.41) is 2.41. The fourth-order valence-electron chi connectivity index (χ4n) is 2.89. The van der Waals surface area contributed by atoms with Crippen LogP contribution in [0.5, 0.6) is 0 Å². The maximum absolute atomic E-state index is 13.7. The third-order valence-corrected chi connectivity index (χ3v) is 6.40. The predicted octanol–water partition coefficient (Wildman–Crippen LogP) is 7.61. The minimum absolute atomic E-state index is 0.0194. The second-order valence-electron chi connectivity index (χ2n) is 7.03. The number of carbonyl (C=O) groups excluding carboxylic acids is 2. The highest BCUT2D eigenvalue weighted by Crippen LogP contribution is 2.41. The Morgan fingerprint density at radius 1 is 1.15 bits per heavy atom. The van der Waals surface area contributed by atoms with Crippen molar-refractivity contribution in [3.05, 3.63) is 72.6 Å². The minimum atomic E-state index is -4.60. The minimum Gasteiger partial charge on any atom is -0.338 e. The Morgan fingerprint density at radius 2 is 1.76 bits per heavy atom. The summed E-state index contributed by atoms with van der Waals surface area (Å²) >= 11 is 20.9. The number of alkyl halides is 3. The largest absolute Gasteiger partial charge is 0.399 e. The molecule has 0 spiro atoms. The zero-order valence-corrected chi connectivity index (χ0v) is 21.3. The van der Waals surface area contributed by atoms with Gasteiger partial charge >= 0.3 is 12.2 Å². The standard InChI is InChI=1S/C22H19BrCl3F3N2O2/c1-3-30-21(33)31(2)11-19(32)14-6-4-12(8-16(14)23)5-7-15(22(27,28)29)13-9-17(24)20(26)18(25)10-13/h4-10,15H,3,11H2,1-2H3,(H,30,33)/b7-5+. The van der Waals surface area contributed by atoms with Gasteiger partial charge < -0.3 is 10.2 Å². The molecule has 1 N–H and O–H groups in total. The predicted molar refractivity (Wildman–Crippen MR) is 129 cm³/mol. The quantitative estimate of drug-likeness (QED) is 0.268. The molecule has 0 saturated heterocycles. The van der Waals surface area contributed by atoms with Gasteiger partial charge in [-0.2, -0.15) is 13.2 Å². The van der Waals surface area contributed by atoms with E-state index in [4.69, 9.17) is 34.8 Å². The zero-order valence-electron chi connectivity index (χ0n) is 17.4. The first kappa shape index (κ1) is 27.5. The van der Waals surface area contributed by atoms with Gasteiger partial charge in [0.2, 0.25) is 0 Å². The molecular formula is C22H19BrCl3F3N2O2. The summed E-state index contributed by atoms with van der Waals surface area (Å²) in [6.07, 6.45) is -2.34.